The van der Waals surface area contributed by atoms with Gasteiger partial charge in [-0.2, -0.15) is 4.98 Å². The molecule has 0 bridgehead atoms. The first-order valence-corrected chi connectivity index (χ1v) is 11.2. The van der Waals surface area contributed by atoms with Crippen molar-refractivity contribution in [3.63, 3.8) is 0 Å². The Labute approximate surface area is 180 Å². The minimum Gasteiger partial charge on any atom is -0.481 e. The number of aliphatic carboxylic acids is 1. The van der Waals surface area contributed by atoms with Crippen molar-refractivity contribution >= 4 is 60.9 Å². The number of fused-ring (bicyclic) bond motifs is 1. The molecule has 0 radical (unpaired) electrons. The zero-order valence-electron chi connectivity index (χ0n) is 15.3. The summed E-state index contributed by atoms with van der Waals surface area (Å²) in [6.07, 6.45) is 2.11. The van der Waals surface area contributed by atoms with E-state index in [1.54, 1.807) is 11.3 Å². The summed E-state index contributed by atoms with van der Waals surface area (Å²) in [5.41, 5.74) is 2.28. The van der Waals surface area contributed by atoms with Crippen molar-refractivity contribution in [2.45, 2.75) is 26.2 Å². The highest BCUT2D eigenvalue weighted by molar-refractivity contribution is 9.10. The Morgan fingerprint density at radius 1 is 1.29 bits per heavy atom. The lowest BCUT2D eigenvalue weighted by Gasteiger charge is -2.31. The van der Waals surface area contributed by atoms with E-state index in [0.717, 1.165) is 38.1 Å². The number of nitrogens with zero attached hydrogens (tertiary/aromatic N) is 3. The fraction of sp³-hybridized carbons (Fsp3) is 0.350. The maximum Gasteiger partial charge on any atom is 0.306 e. The molecule has 146 valence electrons. The average molecular weight is 481 g/mol. The highest BCUT2D eigenvalue weighted by atomic mass is 79.9. The number of carboxylic acid groups (broad SMARTS) is 1. The van der Waals surface area contributed by atoms with Crippen molar-refractivity contribution in [3.8, 4) is 11.1 Å². The molecule has 4 rings (SSSR count). The van der Waals surface area contributed by atoms with E-state index >= 15 is 0 Å². The molecule has 2 aromatic heterocycles. The van der Waals surface area contributed by atoms with Crippen LogP contribution in [0, 0.1) is 5.92 Å². The predicted octanol–water partition coefficient (Wildman–Crippen LogP) is 5.64. The van der Waals surface area contributed by atoms with E-state index < -0.39 is 5.97 Å². The van der Waals surface area contributed by atoms with Gasteiger partial charge in [0, 0.05) is 28.0 Å². The minimum absolute atomic E-state index is 0.231. The number of aryl methyl sites for hydroxylation is 1. The number of carboxylic acids is 1. The van der Waals surface area contributed by atoms with Crippen LogP contribution in [0.25, 0.3) is 21.3 Å². The number of anilines is 1. The van der Waals surface area contributed by atoms with Crippen LogP contribution in [0.2, 0.25) is 5.28 Å². The quantitative estimate of drug-likeness (QED) is 0.490. The first-order chi connectivity index (χ1) is 13.5. The summed E-state index contributed by atoms with van der Waals surface area (Å²) in [4.78, 5) is 24.7. The number of halogens is 2. The summed E-state index contributed by atoms with van der Waals surface area (Å²) in [7, 11) is 0. The molecule has 1 aromatic carbocycles. The van der Waals surface area contributed by atoms with E-state index in [1.807, 2.05) is 12.1 Å². The molecular formula is C20H19BrClN3O2S. The largest absolute Gasteiger partial charge is 0.481 e. The van der Waals surface area contributed by atoms with Gasteiger partial charge in [0.2, 0.25) is 5.28 Å². The topological polar surface area (TPSA) is 66.3 Å². The SMILES string of the molecule is CCc1sc2nc(Cl)nc(N3CCC(C(=O)O)CC3)c2c1-c1ccc(Br)cc1. The van der Waals surface area contributed by atoms with Gasteiger partial charge in [-0.3, -0.25) is 4.79 Å². The van der Waals surface area contributed by atoms with Gasteiger partial charge in [-0.15, -0.1) is 11.3 Å². The molecule has 1 aliphatic heterocycles. The second-order valence-electron chi connectivity index (χ2n) is 6.86. The lowest BCUT2D eigenvalue weighted by molar-refractivity contribution is -0.142. The third kappa shape index (κ3) is 3.63. The molecule has 5 nitrogen and oxygen atoms in total. The molecule has 0 unspecified atom stereocenters. The maximum atomic E-state index is 11.3. The molecule has 0 spiro atoms. The summed E-state index contributed by atoms with van der Waals surface area (Å²) >= 11 is 11.4. The van der Waals surface area contributed by atoms with E-state index in [0.29, 0.717) is 25.9 Å². The molecule has 3 heterocycles. The fourth-order valence-corrected chi connectivity index (χ4v) is 5.35. The Hall–Kier alpha value is -1.70. The van der Waals surface area contributed by atoms with Crippen LogP contribution in [-0.2, 0) is 11.2 Å². The van der Waals surface area contributed by atoms with Crippen LogP contribution in [0.4, 0.5) is 5.82 Å². The number of hydrogen-bond acceptors (Lipinski definition) is 5. The lowest BCUT2D eigenvalue weighted by Crippen LogP contribution is -2.37. The lowest BCUT2D eigenvalue weighted by atomic mass is 9.96. The van der Waals surface area contributed by atoms with Crippen molar-refractivity contribution in [1.29, 1.82) is 0 Å². The molecule has 3 aromatic rings. The van der Waals surface area contributed by atoms with Crippen LogP contribution in [-0.4, -0.2) is 34.1 Å². The zero-order valence-corrected chi connectivity index (χ0v) is 18.4. The second kappa shape index (κ2) is 7.97. The highest BCUT2D eigenvalue weighted by Crippen LogP contribution is 2.43. The summed E-state index contributed by atoms with van der Waals surface area (Å²) in [6.45, 7) is 3.44. The van der Waals surface area contributed by atoms with E-state index in [1.165, 1.54) is 4.88 Å². The standard InChI is InChI=1S/C20H19BrClN3O2S/c1-2-14-15(11-3-5-13(21)6-4-11)16-17(23-20(22)24-18(16)28-14)25-9-7-12(8-10-25)19(26)27/h3-6,12H,2,7-10H2,1H3,(H,26,27). The van der Waals surface area contributed by atoms with E-state index in [2.05, 4.69) is 49.9 Å². The van der Waals surface area contributed by atoms with Crippen LogP contribution >= 0.6 is 38.9 Å². The Bertz CT molecular complexity index is 1030. The number of aromatic nitrogens is 2. The monoisotopic (exact) mass is 479 g/mol. The molecule has 8 heteroatoms. The molecule has 0 saturated carbocycles. The van der Waals surface area contributed by atoms with Gasteiger partial charge < -0.3 is 10.0 Å². The van der Waals surface area contributed by atoms with E-state index in [4.69, 9.17) is 11.6 Å². The van der Waals surface area contributed by atoms with Crippen LogP contribution in [0.3, 0.4) is 0 Å². The number of carbonyl (C=O) groups is 1. The van der Waals surface area contributed by atoms with Gasteiger partial charge in [-0.1, -0.05) is 35.0 Å². The molecule has 0 amide bonds. The summed E-state index contributed by atoms with van der Waals surface area (Å²) < 4.78 is 1.03. The van der Waals surface area contributed by atoms with Gasteiger partial charge in [0.1, 0.15) is 10.6 Å². The minimum atomic E-state index is -0.718. The molecule has 1 N–H and O–H groups in total. The zero-order chi connectivity index (χ0) is 19.8. The van der Waals surface area contributed by atoms with Crippen molar-refractivity contribution in [1.82, 2.24) is 9.97 Å². The second-order valence-corrected chi connectivity index (χ2v) is 9.19. The van der Waals surface area contributed by atoms with Gasteiger partial charge >= 0.3 is 5.97 Å². The van der Waals surface area contributed by atoms with Gasteiger partial charge in [0.15, 0.2) is 0 Å². The highest BCUT2D eigenvalue weighted by Gasteiger charge is 2.28. The third-order valence-electron chi connectivity index (χ3n) is 5.18. The van der Waals surface area contributed by atoms with Crippen LogP contribution < -0.4 is 4.90 Å². The Balaban J connectivity index is 1.86. The first kappa shape index (κ1) is 19.6. The number of piperidine rings is 1. The Kier molecular flexibility index (Phi) is 5.58. The van der Waals surface area contributed by atoms with Crippen LogP contribution in [0.5, 0.6) is 0 Å². The summed E-state index contributed by atoms with van der Waals surface area (Å²) in [5, 5.41) is 10.5. The van der Waals surface area contributed by atoms with E-state index in [9.17, 15) is 9.90 Å². The van der Waals surface area contributed by atoms with Crippen molar-refractivity contribution in [2.24, 2.45) is 5.92 Å². The predicted molar refractivity (Wildman–Crippen MR) is 118 cm³/mol. The summed E-state index contributed by atoms with van der Waals surface area (Å²) in [5.74, 6) is -0.193. The first-order valence-electron chi connectivity index (χ1n) is 9.20. The maximum absolute atomic E-state index is 11.3. The molecule has 0 atom stereocenters. The normalized spacial score (nSPS) is 15.3. The smallest absolute Gasteiger partial charge is 0.306 e. The summed E-state index contributed by atoms with van der Waals surface area (Å²) in [6, 6.07) is 8.26. The molecule has 0 aliphatic carbocycles. The third-order valence-corrected chi connectivity index (χ3v) is 7.10. The van der Waals surface area contributed by atoms with Crippen LogP contribution in [0.15, 0.2) is 28.7 Å². The van der Waals surface area contributed by atoms with Crippen molar-refractivity contribution in [3.05, 3.63) is 38.9 Å². The number of benzene rings is 1. The average Bonchev–Trinajstić information content (AvgIpc) is 3.06. The van der Waals surface area contributed by atoms with Gasteiger partial charge in [-0.05, 0) is 48.6 Å². The number of rotatable bonds is 4. The molecule has 28 heavy (non-hydrogen) atoms. The Morgan fingerprint density at radius 2 is 1.96 bits per heavy atom. The van der Waals surface area contributed by atoms with E-state index in [-0.39, 0.29) is 11.2 Å². The number of hydrogen-bond donors (Lipinski definition) is 1. The van der Waals surface area contributed by atoms with Crippen molar-refractivity contribution in [2.75, 3.05) is 18.0 Å². The van der Waals surface area contributed by atoms with Gasteiger partial charge in [0.25, 0.3) is 0 Å². The Morgan fingerprint density at radius 3 is 2.57 bits per heavy atom. The molecule has 1 aliphatic rings. The molecule has 1 fully saturated rings. The fourth-order valence-electron chi connectivity index (χ4n) is 3.74. The van der Waals surface area contributed by atoms with Gasteiger partial charge in [-0.25, -0.2) is 4.98 Å². The van der Waals surface area contributed by atoms with Crippen molar-refractivity contribution < 1.29 is 9.90 Å². The molecular weight excluding hydrogens is 462 g/mol. The molecule has 1 saturated heterocycles. The number of thiophene rings is 1. The van der Waals surface area contributed by atoms with Gasteiger partial charge in [0.05, 0.1) is 11.3 Å². The van der Waals surface area contributed by atoms with Crippen LogP contribution in [0.1, 0.15) is 24.6 Å².